The van der Waals surface area contributed by atoms with Crippen LogP contribution in [0, 0.1) is 40.4 Å². The number of aliphatic hydroxyl groups excluding tert-OH is 1. The van der Waals surface area contributed by atoms with Crippen LogP contribution in [0.4, 0.5) is 0 Å². The Balaban J connectivity index is 0.00000109. The molecular formula is C25H50O. The first-order valence-corrected chi connectivity index (χ1v) is 11.6. The molecule has 0 saturated heterocycles. The van der Waals surface area contributed by atoms with E-state index < -0.39 is 0 Å². The lowest BCUT2D eigenvalue weighted by Gasteiger charge is -2.58. The van der Waals surface area contributed by atoms with Crippen molar-refractivity contribution in [1.29, 1.82) is 0 Å². The highest BCUT2D eigenvalue weighted by Crippen LogP contribution is 2.65. The second-order valence-corrected chi connectivity index (χ2v) is 9.71. The number of hydrogen-bond donors (Lipinski definition) is 1. The molecule has 7 atom stereocenters. The topological polar surface area (TPSA) is 20.2 Å². The van der Waals surface area contributed by atoms with Crippen molar-refractivity contribution in [3.05, 3.63) is 0 Å². The highest BCUT2D eigenvalue weighted by atomic mass is 16.3. The van der Waals surface area contributed by atoms with E-state index in [2.05, 4.69) is 27.7 Å². The van der Waals surface area contributed by atoms with Crippen LogP contribution in [0.5, 0.6) is 0 Å². The lowest BCUT2D eigenvalue weighted by Crippen LogP contribution is -2.50. The molecule has 7 unspecified atom stereocenters. The lowest BCUT2D eigenvalue weighted by molar-refractivity contribution is -0.0857. The normalized spacial score (nSPS) is 44.2. The SMILES string of the molecule is C.CC.CCCC1C2CCC3(C)C(CCO)CCC3C2CCC1(C)CC. The monoisotopic (exact) mass is 366 g/mol. The minimum Gasteiger partial charge on any atom is -0.396 e. The van der Waals surface area contributed by atoms with Gasteiger partial charge in [0.1, 0.15) is 0 Å². The van der Waals surface area contributed by atoms with Gasteiger partial charge in [-0.2, -0.15) is 0 Å². The third-order valence-electron chi connectivity index (χ3n) is 9.03. The Kier molecular flexibility index (Phi) is 9.18. The zero-order valence-electron chi connectivity index (χ0n) is 18.1. The molecule has 3 aliphatic rings. The van der Waals surface area contributed by atoms with E-state index in [9.17, 15) is 5.11 Å². The average molecular weight is 367 g/mol. The van der Waals surface area contributed by atoms with Gasteiger partial charge in [0.25, 0.3) is 0 Å². The first-order valence-electron chi connectivity index (χ1n) is 11.6. The molecule has 1 N–H and O–H groups in total. The molecule has 3 aliphatic carbocycles. The summed E-state index contributed by atoms with van der Waals surface area (Å²) >= 11 is 0. The van der Waals surface area contributed by atoms with Crippen molar-refractivity contribution in [1.82, 2.24) is 0 Å². The first kappa shape index (κ1) is 24.0. The Morgan fingerprint density at radius 3 is 2.12 bits per heavy atom. The van der Waals surface area contributed by atoms with Gasteiger partial charge in [-0.05, 0) is 91.8 Å². The summed E-state index contributed by atoms with van der Waals surface area (Å²) in [6.45, 7) is 14.4. The fourth-order valence-corrected chi connectivity index (χ4v) is 7.48. The largest absolute Gasteiger partial charge is 0.396 e. The molecule has 0 aromatic rings. The van der Waals surface area contributed by atoms with Crippen LogP contribution in [0.3, 0.4) is 0 Å². The van der Waals surface area contributed by atoms with E-state index in [1.165, 1.54) is 57.8 Å². The first-order chi connectivity index (χ1) is 12.0. The van der Waals surface area contributed by atoms with Crippen molar-refractivity contribution < 1.29 is 5.11 Å². The van der Waals surface area contributed by atoms with Crippen molar-refractivity contribution >= 4 is 0 Å². The van der Waals surface area contributed by atoms with Crippen LogP contribution in [0.15, 0.2) is 0 Å². The second-order valence-electron chi connectivity index (χ2n) is 9.71. The molecule has 0 bridgehead atoms. The number of aliphatic hydroxyl groups is 1. The van der Waals surface area contributed by atoms with E-state index in [1.54, 1.807) is 0 Å². The van der Waals surface area contributed by atoms with E-state index >= 15 is 0 Å². The quantitative estimate of drug-likeness (QED) is 0.528. The maximum atomic E-state index is 9.48. The van der Waals surface area contributed by atoms with Crippen molar-refractivity contribution in [2.45, 2.75) is 113 Å². The van der Waals surface area contributed by atoms with Crippen LogP contribution in [-0.2, 0) is 0 Å². The Bertz CT molecular complexity index is 405. The standard InChI is InChI=1S/C22H40O.C2H6.CH4/c1-5-7-19-17-11-14-22(4)16(12-15-23)8-9-20(22)18(17)10-13-21(19,3)6-2;1-2;/h16-20,23H,5-15H2,1-4H3;1-2H3;1H4. The minimum atomic E-state index is 0. The fourth-order valence-electron chi connectivity index (χ4n) is 7.48. The molecule has 0 aromatic carbocycles. The third kappa shape index (κ3) is 4.03. The van der Waals surface area contributed by atoms with Gasteiger partial charge in [-0.15, -0.1) is 0 Å². The molecule has 0 heterocycles. The van der Waals surface area contributed by atoms with Crippen LogP contribution in [0.1, 0.15) is 113 Å². The summed E-state index contributed by atoms with van der Waals surface area (Å²) in [5.74, 6) is 4.71. The second kappa shape index (κ2) is 9.94. The highest BCUT2D eigenvalue weighted by molar-refractivity contribution is 5.06. The highest BCUT2D eigenvalue weighted by Gasteiger charge is 2.57. The predicted octanol–water partition coefficient (Wildman–Crippen LogP) is 7.72. The zero-order valence-corrected chi connectivity index (χ0v) is 18.1. The molecule has 0 spiro atoms. The molecular weight excluding hydrogens is 316 g/mol. The molecule has 3 rings (SSSR count). The minimum absolute atomic E-state index is 0. The summed E-state index contributed by atoms with van der Waals surface area (Å²) in [4.78, 5) is 0. The van der Waals surface area contributed by atoms with Gasteiger partial charge in [0.05, 0.1) is 0 Å². The Morgan fingerprint density at radius 1 is 0.885 bits per heavy atom. The molecule has 26 heavy (non-hydrogen) atoms. The maximum absolute atomic E-state index is 9.48. The van der Waals surface area contributed by atoms with Crippen LogP contribution in [-0.4, -0.2) is 11.7 Å². The van der Waals surface area contributed by atoms with E-state index in [1.807, 2.05) is 13.8 Å². The average Bonchev–Trinajstić information content (AvgIpc) is 2.96. The Labute approximate surface area is 165 Å². The van der Waals surface area contributed by atoms with Crippen LogP contribution < -0.4 is 0 Å². The molecule has 0 radical (unpaired) electrons. The van der Waals surface area contributed by atoms with Gasteiger partial charge in [-0.1, -0.05) is 61.8 Å². The smallest absolute Gasteiger partial charge is 0.0433 e. The molecule has 0 aromatic heterocycles. The summed E-state index contributed by atoms with van der Waals surface area (Å²) in [5.41, 5.74) is 1.15. The molecule has 3 saturated carbocycles. The van der Waals surface area contributed by atoms with Crippen molar-refractivity contribution in [3.63, 3.8) is 0 Å². The number of rotatable bonds is 5. The van der Waals surface area contributed by atoms with Crippen molar-refractivity contribution in [2.75, 3.05) is 6.61 Å². The molecule has 1 heteroatoms. The van der Waals surface area contributed by atoms with Crippen LogP contribution >= 0.6 is 0 Å². The molecule has 3 fully saturated rings. The molecule has 0 amide bonds. The van der Waals surface area contributed by atoms with Gasteiger partial charge in [0.2, 0.25) is 0 Å². The zero-order chi connectivity index (χ0) is 18.7. The van der Waals surface area contributed by atoms with Crippen LogP contribution in [0.25, 0.3) is 0 Å². The summed E-state index contributed by atoms with van der Waals surface area (Å²) in [6, 6.07) is 0. The van der Waals surface area contributed by atoms with Gasteiger partial charge in [0, 0.05) is 6.61 Å². The summed E-state index contributed by atoms with van der Waals surface area (Å²) in [7, 11) is 0. The van der Waals surface area contributed by atoms with E-state index in [4.69, 9.17) is 0 Å². The van der Waals surface area contributed by atoms with Gasteiger partial charge in [0.15, 0.2) is 0 Å². The summed E-state index contributed by atoms with van der Waals surface area (Å²) < 4.78 is 0. The molecule has 0 aliphatic heterocycles. The lowest BCUT2D eigenvalue weighted by atomic mass is 9.47. The summed E-state index contributed by atoms with van der Waals surface area (Å²) in [5, 5.41) is 9.48. The molecule has 156 valence electrons. The fraction of sp³-hybridized carbons (Fsp3) is 1.00. The van der Waals surface area contributed by atoms with Crippen LogP contribution in [0.2, 0.25) is 0 Å². The van der Waals surface area contributed by atoms with Crippen molar-refractivity contribution in [3.8, 4) is 0 Å². The Morgan fingerprint density at radius 2 is 1.54 bits per heavy atom. The Hall–Kier alpha value is -0.0400. The van der Waals surface area contributed by atoms with E-state index in [0.717, 1.165) is 36.0 Å². The van der Waals surface area contributed by atoms with Gasteiger partial charge < -0.3 is 5.11 Å². The maximum Gasteiger partial charge on any atom is 0.0433 e. The number of fused-ring (bicyclic) bond motifs is 3. The third-order valence-corrected chi connectivity index (χ3v) is 9.03. The molecule has 1 nitrogen and oxygen atoms in total. The van der Waals surface area contributed by atoms with E-state index in [0.29, 0.717) is 17.4 Å². The predicted molar refractivity (Wildman–Crippen MR) is 116 cm³/mol. The summed E-state index contributed by atoms with van der Waals surface area (Å²) in [6.07, 6.45) is 13.9. The van der Waals surface area contributed by atoms with Gasteiger partial charge in [-0.25, -0.2) is 0 Å². The van der Waals surface area contributed by atoms with Crippen molar-refractivity contribution in [2.24, 2.45) is 40.4 Å². The van der Waals surface area contributed by atoms with E-state index in [-0.39, 0.29) is 7.43 Å². The van der Waals surface area contributed by atoms with Gasteiger partial charge in [-0.3, -0.25) is 0 Å². The van der Waals surface area contributed by atoms with Gasteiger partial charge >= 0.3 is 0 Å². The number of hydrogen-bond acceptors (Lipinski definition) is 1.